The van der Waals surface area contributed by atoms with E-state index in [2.05, 4.69) is 15.3 Å². The number of amides is 1. The topological polar surface area (TPSA) is 83.8 Å². The number of aromatic amines is 1. The van der Waals surface area contributed by atoms with Crippen LogP contribution in [0.4, 0.5) is 5.69 Å². The van der Waals surface area contributed by atoms with Gasteiger partial charge in [0.1, 0.15) is 0 Å². The van der Waals surface area contributed by atoms with E-state index in [1.165, 1.54) is 0 Å². The first-order chi connectivity index (χ1) is 8.24. The van der Waals surface area contributed by atoms with Crippen molar-refractivity contribution >= 4 is 11.6 Å². The minimum atomic E-state index is -0.0523. The Labute approximate surface area is 99.1 Å². The fourth-order valence-corrected chi connectivity index (χ4v) is 1.44. The normalized spacial score (nSPS) is 10.1. The van der Waals surface area contributed by atoms with Crippen LogP contribution in [0.3, 0.4) is 0 Å². The highest BCUT2D eigenvalue weighted by Crippen LogP contribution is 2.02. The predicted molar refractivity (Wildman–Crippen MR) is 65.0 cm³/mol. The van der Waals surface area contributed by atoms with Gasteiger partial charge in [0.25, 0.3) is 0 Å². The molecule has 1 amide bonds. The van der Waals surface area contributed by atoms with Gasteiger partial charge in [0, 0.05) is 24.6 Å². The van der Waals surface area contributed by atoms with Crippen molar-refractivity contribution in [2.24, 2.45) is 0 Å². The summed E-state index contributed by atoms with van der Waals surface area (Å²) in [6.07, 6.45) is 5.49. The van der Waals surface area contributed by atoms with Gasteiger partial charge in [-0.2, -0.15) is 0 Å². The van der Waals surface area contributed by atoms with Gasteiger partial charge in [0.05, 0.1) is 18.3 Å². The number of carbonyl (C=O) groups excluding carboxylic acids is 1. The van der Waals surface area contributed by atoms with Crippen molar-refractivity contribution in [3.63, 3.8) is 0 Å². The zero-order valence-electron chi connectivity index (χ0n) is 9.31. The highest BCUT2D eigenvalue weighted by molar-refractivity contribution is 5.78. The molecule has 0 aliphatic heterocycles. The maximum Gasteiger partial charge on any atom is 0.226 e. The molecular weight excluding hydrogens is 216 g/mol. The number of rotatable bonds is 4. The summed E-state index contributed by atoms with van der Waals surface area (Å²) in [7, 11) is 0. The predicted octanol–water partition coefficient (Wildman–Crippen LogP) is 0.851. The Bertz CT molecular complexity index is 476. The first-order valence-corrected chi connectivity index (χ1v) is 5.33. The molecule has 2 heterocycles. The first-order valence-electron chi connectivity index (χ1n) is 5.33. The molecule has 0 bridgehead atoms. The van der Waals surface area contributed by atoms with Gasteiger partial charge < -0.3 is 16.0 Å². The molecule has 0 aliphatic carbocycles. The summed E-state index contributed by atoms with van der Waals surface area (Å²) < 4.78 is 0. The van der Waals surface area contributed by atoms with Crippen molar-refractivity contribution in [2.75, 3.05) is 5.73 Å². The molecule has 0 aliphatic rings. The van der Waals surface area contributed by atoms with Crippen LogP contribution in [-0.4, -0.2) is 15.9 Å². The van der Waals surface area contributed by atoms with Crippen LogP contribution in [0.1, 0.15) is 11.3 Å². The Morgan fingerprint density at radius 3 is 2.94 bits per heavy atom. The van der Waals surface area contributed by atoms with Crippen molar-refractivity contribution < 1.29 is 4.79 Å². The Morgan fingerprint density at radius 2 is 2.29 bits per heavy atom. The summed E-state index contributed by atoms with van der Waals surface area (Å²) in [5.74, 6) is -0.0523. The smallest absolute Gasteiger partial charge is 0.226 e. The number of pyridine rings is 1. The van der Waals surface area contributed by atoms with Crippen LogP contribution in [0.2, 0.25) is 0 Å². The summed E-state index contributed by atoms with van der Waals surface area (Å²) in [5, 5.41) is 2.82. The molecule has 2 aromatic heterocycles. The summed E-state index contributed by atoms with van der Waals surface area (Å²) in [4.78, 5) is 18.6. The van der Waals surface area contributed by atoms with E-state index in [-0.39, 0.29) is 12.3 Å². The molecule has 0 saturated carbocycles. The van der Waals surface area contributed by atoms with Crippen LogP contribution in [0.5, 0.6) is 0 Å². The molecule has 0 aromatic carbocycles. The lowest BCUT2D eigenvalue weighted by Gasteiger charge is -2.03. The third kappa shape index (κ3) is 3.34. The lowest BCUT2D eigenvalue weighted by molar-refractivity contribution is -0.120. The van der Waals surface area contributed by atoms with Gasteiger partial charge in [-0.1, -0.05) is 0 Å². The second kappa shape index (κ2) is 5.16. The van der Waals surface area contributed by atoms with Crippen molar-refractivity contribution in [3.05, 3.63) is 48.0 Å². The fourth-order valence-electron chi connectivity index (χ4n) is 1.44. The molecular formula is C12H14N4O. The van der Waals surface area contributed by atoms with Gasteiger partial charge in [-0.3, -0.25) is 9.78 Å². The first kappa shape index (κ1) is 11.2. The Kier molecular flexibility index (Phi) is 3.40. The van der Waals surface area contributed by atoms with Crippen LogP contribution < -0.4 is 11.1 Å². The maximum absolute atomic E-state index is 11.6. The molecule has 88 valence electrons. The second-order valence-electron chi connectivity index (χ2n) is 3.76. The van der Waals surface area contributed by atoms with E-state index < -0.39 is 0 Å². The van der Waals surface area contributed by atoms with E-state index in [1.54, 1.807) is 18.3 Å². The number of anilines is 1. The van der Waals surface area contributed by atoms with Crippen molar-refractivity contribution in [1.29, 1.82) is 0 Å². The average molecular weight is 230 g/mol. The standard InChI is InChI=1S/C12H14N4O/c13-10-1-2-11(15-8-10)5-12(17)16-7-9-3-4-14-6-9/h1-4,6,8,14H,5,7,13H2,(H,16,17). The Balaban J connectivity index is 1.83. The number of nitrogens with two attached hydrogens (primary N) is 1. The maximum atomic E-state index is 11.6. The second-order valence-corrected chi connectivity index (χ2v) is 3.76. The lowest BCUT2D eigenvalue weighted by atomic mass is 10.2. The fraction of sp³-hybridized carbons (Fsp3) is 0.167. The SMILES string of the molecule is Nc1ccc(CC(=O)NCc2cc[nH]c2)nc1. The van der Waals surface area contributed by atoms with Crippen LogP contribution in [-0.2, 0) is 17.8 Å². The van der Waals surface area contributed by atoms with Gasteiger partial charge in [0.15, 0.2) is 0 Å². The van der Waals surface area contributed by atoms with E-state index in [0.29, 0.717) is 17.9 Å². The zero-order chi connectivity index (χ0) is 12.1. The number of H-pyrrole nitrogens is 1. The quantitative estimate of drug-likeness (QED) is 0.728. The minimum Gasteiger partial charge on any atom is -0.397 e. The van der Waals surface area contributed by atoms with Gasteiger partial charge in [-0.05, 0) is 23.8 Å². The van der Waals surface area contributed by atoms with E-state index in [1.807, 2.05) is 18.5 Å². The number of hydrogen-bond donors (Lipinski definition) is 3. The van der Waals surface area contributed by atoms with E-state index in [4.69, 9.17) is 5.73 Å². The van der Waals surface area contributed by atoms with E-state index >= 15 is 0 Å². The molecule has 17 heavy (non-hydrogen) atoms. The third-order valence-electron chi connectivity index (χ3n) is 2.34. The zero-order valence-corrected chi connectivity index (χ0v) is 9.31. The molecule has 0 atom stereocenters. The summed E-state index contributed by atoms with van der Waals surface area (Å²) in [6, 6.07) is 5.41. The van der Waals surface area contributed by atoms with Gasteiger partial charge >= 0.3 is 0 Å². The van der Waals surface area contributed by atoms with E-state index in [9.17, 15) is 4.79 Å². The molecule has 0 fully saturated rings. The molecule has 0 saturated heterocycles. The van der Waals surface area contributed by atoms with Crippen LogP contribution >= 0.6 is 0 Å². The van der Waals surface area contributed by atoms with Crippen LogP contribution in [0.15, 0.2) is 36.8 Å². The molecule has 0 radical (unpaired) electrons. The molecule has 0 spiro atoms. The van der Waals surface area contributed by atoms with Gasteiger partial charge in [-0.15, -0.1) is 0 Å². The van der Waals surface area contributed by atoms with Crippen LogP contribution in [0, 0.1) is 0 Å². The molecule has 4 N–H and O–H groups in total. The minimum absolute atomic E-state index is 0.0523. The highest BCUT2D eigenvalue weighted by Gasteiger charge is 2.04. The third-order valence-corrected chi connectivity index (χ3v) is 2.34. The summed E-state index contributed by atoms with van der Waals surface area (Å²) >= 11 is 0. The summed E-state index contributed by atoms with van der Waals surface area (Å²) in [6.45, 7) is 0.525. The van der Waals surface area contributed by atoms with Crippen LogP contribution in [0.25, 0.3) is 0 Å². The summed E-state index contributed by atoms with van der Waals surface area (Å²) in [5.41, 5.74) is 7.87. The monoisotopic (exact) mass is 230 g/mol. The highest BCUT2D eigenvalue weighted by atomic mass is 16.1. The Morgan fingerprint density at radius 1 is 1.41 bits per heavy atom. The van der Waals surface area contributed by atoms with Gasteiger partial charge in [-0.25, -0.2) is 0 Å². The molecule has 0 unspecified atom stereocenters. The number of hydrogen-bond acceptors (Lipinski definition) is 3. The lowest BCUT2D eigenvalue weighted by Crippen LogP contribution is -2.24. The number of carbonyl (C=O) groups is 1. The Hall–Kier alpha value is -2.30. The van der Waals surface area contributed by atoms with Crippen molar-refractivity contribution in [1.82, 2.24) is 15.3 Å². The average Bonchev–Trinajstić information content (AvgIpc) is 2.83. The number of nitrogen functional groups attached to an aromatic ring is 1. The van der Waals surface area contributed by atoms with Crippen molar-refractivity contribution in [2.45, 2.75) is 13.0 Å². The molecule has 5 nitrogen and oxygen atoms in total. The number of nitrogens with one attached hydrogen (secondary N) is 2. The number of aromatic nitrogens is 2. The van der Waals surface area contributed by atoms with E-state index in [0.717, 1.165) is 5.56 Å². The molecule has 2 rings (SSSR count). The largest absolute Gasteiger partial charge is 0.397 e. The van der Waals surface area contributed by atoms with Crippen molar-refractivity contribution in [3.8, 4) is 0 Å². The molecule has 2 aromatic rings. The number of nitrogens with zero attached hydrogens (tertiary/aromatic N) is 1. The molecule has 5 heteroatoms. The van der Waals surface area contributed by atoms with Gasteiger partial charge in [0.2, 0.25) is 5.91 Å².